The molecule has 6 heteroatoms. The summed E-state index contributed by atoms with van der Waals surface area (Å²) in [5.74, 6) is -0.746. The van der Waals surface area contributed by atoms with Crippen molar-refractivity contribution in [2.24, 2.45) is 5.73 Å². The zero-order valence-corrected chi connectivity index (χ0v) is 17.5. The zero-order chi connectivity index (χ0) is 22.9. The van der Waals surface area contributed by atoms with Crippen LogP contribution in [0.15, 0.2) is 72.3 Å². The minimum atomic E-state index is -4.52. The highest BCUT2D eigenvalue weighted by Gasteiger charge is 2.34. The largest absolute Gasteiger partial charge is 0.437 e. The SMILES string of the molecule is CCCCc1cc(C=C2OC(N)=C(c3cccc(C(F)(F)F)c3)C2=O)c2ccccc2c1. The third kappa shape index (κ3) is 4.26. The Balaban J connectivity index is 1.74. The Morgan fingerprint density at radius 2 is 1.81 bits per heavy atom. The predicted molar refractivity (Wildman–Crippen MR) is 119 cm³/mol. The van der Waals surface area contributed by atoms with Crippen molar-refractivity contribution in [3.05, 3.63) is 94.6 Å². The minimum Gasteiger partial charge on any atom is -0.437 e. The maximum absolute atomic E-state index is 13.1. The van der Waals surface area contributed by atoms with Crippen molar-refractivity contribution in [1.82, 2.24) is 0 Å². The first-order valence-corrected chi connectivity index (χ1v) is 10.4. The van der Waals surface area contributed by atoms with E-state index in [1.807, 2.05) is 30.3 Å². The Kier molecular flexibility index (Phi) is 5.78. The summed E-state index contributed by atoms with van der Waals surface area (Å²) in [6.07, 6.45) is 0.101. The number of hydrogen-bond donors (Lipinski definition) is 1. The molecule has 0 spiro atoms. The third-order valence-corrected chi connectivity index (χ3v) is 5.45. The van der Waals surface area contributed by atoms with Gasteiger partial charge in [0.15, 0.2) is 5.76 Å². The summed E-state index contributed by atoms with van der Waals surface area (Å²) in [7, 11) is 0. The molecule has 3 aromatic rings. The second kappa shape index (κ2) is 8.54. The molecule has 0 aliphatic carbocycles. The van der Waals surface area contributed by atoms with E-state index in [9.17, 15) is 18.0 Å². The molecule has 32 heavy (non-hydrogen) atoms. The summed E-state index contributed by atoms with van der Waals surface area (Å²) >= 11 is 0. The lowest BCUT2D eigenvalue weighted by Gasteiger charge is -2.09. The number of carbonyl (C=O) groups is 1. The highest BCUT2D eigenvalue weighted by atomic mass is 19.4. The monoisotopic (exact) mass is 437 g/mol. The Bertz CT molecular complexity index is 1260. The molecular weight excluding hydrogens is 415 g/mol. The fourth-order valence-corrected chi connectivity index (χ4v) is 3.86. The maximum atomic E-state index is 13.1. The number of Topliss-reactive ketones (excluding diaryl/α,β-unsaturated/α-hetero) is 1. The van der Waals surface area contributed by atoms with E-state index in [0.717, 1.165) is 53.3 Å². The first-order chi connectivity index (χ1) is 15.3. The number of ether oxygens (including phenoxy) is 1. The molecule has 0 saturated carbocycles. The molecule has 0 bridgehead atoms. The molecule has 164 valence electrons. The van der Waals surface area contributed by atoms with Crippen LogP contribution >= 0.6 is 0 Å². The topological polar surface area (TPSA) is 52.3 Å². The Hall–Kier alpha value is -3.54. The normalized spacial score (nSPS) is 15.6. The maximum Gasteiger partial charge on any atom is 0.416 e. The van der Waals surface area contributed by atoms with Crippen molar-refractivity contribution in [3.63, 3.8) is 0 Å². The fraction of sp³-hybridized carbons (Fsp3) is 0.192. The quantitative estimate of drug-likeness (QED) is 0.466. The van der Waals surface area contributed by atoms with Gasteiger partial charge in [0.05, 0.1) is 11.1 Å². The molecule has 0 fully saturated rings. The number of aryl methyl sites for hydroxylation is 1. The molecule has 2 N–H and O–H groups in total. The highest BCUT2D eigenvalue weighted by Crippen LogP contribution is 2.36. The smallest absolute Gasteiger partial charge is 0.416 e. The lowest BCUT2D eigenvalue weighted by Crippen LogP contribution is -2.07. The number of halogens is 3. The molecule has 1 aliphatic rings. The second-order valence-electron chi connectivity index (χ2n) is 7.77. The van der Waals surface area contributed by atoms with Gasteiger partial charge in [-0.2, -0.15) is 13.2 Å². The number of ketones is 1. The number of hydrogen-bond acceptors (Lipinski definition) is 3. The van der Waals surface area contributed by atoms with E-state index >= 15 is 0 Å². The number of rotatable bonds is 5. The highest BCUT2D eigenvalue weighted by molar-refractivity contribution is 6.31. The van der Waals surface area contributed by atoms with Gasteiger partial charge in [0, 0.05) is 0 Å². The Morgan fingerprint density at radius 3 is 2.56 bits per heavy atom. The summed E-state index contributed by atoms with van der Waals surface area (Å²) < 4.78 is 44.9. The molecule has 0 amide bonds. The van der Waals surface area contributed by atoms with Crippen molar-refractivity contribution in [3.8, 4) is 0 Å². The number of benzene rings is 3. The molecular formula is C26H22F3NO2. The van der Waals surface area contributed by atoms with Crippen LogP contribution in [-0.2, 0) is 22.1 Å². The van der Waals surface area contributed by atoms with Crippen molar-refractivity contribution >= 4 is 28.2 Å². The molecule has 3 aromatic carbocycles. The van der Waals surface area contributed by atoms with Crippen LogP contribution in [0.1, 0.15) is 42.0 Å². The van der Waals surface area contributed by atoms with E-state index in [0.29, 0.717) is 0 Å². The van der Waals surface area contributed by atoms with Gasteiger partial charge in [0.1, 0.15) is 0 Å². The van der Waals surface area contributed by atoms with Gasteiger partial charge < -0.3 is 10.5 Å². The van der Waals surface area contributed by atoms with Crippen LogP contribution in [0.3, 0.4) is 0 Å². The molecule has 0 aromatic heterocycles. The minimum absolute atomic E-state index is 0.00675. The van der Waals surface area contributed by atoms with Gasteiger partial charge >= 0.3 is 6.18 Å². The van der Waals surface area contributed by atoms with Crippen LogP contribution in [0.5, 0.6) is 0 Å². The molecule has 0 unspecified atom stereocenters. The van der Waals surface area contributed by atoms with Crippen molar-refractivity contribution < 1.29 is 22.7 Å². The van der Waals surface area contributed by atoms with Gasteiger partial charge in [0.2, 0.25) is 11.7 Å². The molecule has 3 nitrogen and oxygen atoms in total. The van der Waals surface area contributed by atoms with Crippen LogP contribution < -0.4 is 5.73 Å². The number of nitrogens with two attached hydrogens (primary N) is 1. The Labute approximate surface area is 184 Å². The van der Waals surface area contributed by atoms with Crippen LogP contribution in [-0.4, -0.2) is 5.78 Å². The number of fused-ring (bicyclic) bond motifs is 1. The zero-order valence-electron chi connectivity index (χ0n) is 17.5. The number of allylic oxidation sites excluding steroid dienone is 1. The summed E-state index contributed by atoms with van der Waals surface area (Å²) in [5, 5.41) is 1.99. The standard InChI is InChI=1S/C26H22F3NO2/c1-2-3-7-16-12-17-8-4-5-11-21(17)19(13-16)15-22-24(31)23(25(30)32-22)18-9-6-10-20(14-18)26(27,28)29/h4-6,8-15H,2-3,7,30H2,1H3. The average Bonchev–Trinajstić information content (AvgIpc) is 3.04. The average molecular weight is 437 g/mol. The van der Waals surface area contributed by atoms with E-state index in [4.69, 9.17) is 10.5 Å². The van der Waals surface area contributed by atoms with E-state index in [1.165, 1.54) is 12.1 Å². The second-order valence-corrected chi connectivity index (χ2v) is 7.77. The first-order valence-electron chi connectivity index (χ1n) is 10.4. The first kappa shape index (κ1) is 21.7. The molecule has 1 heterocycles. The lowest BCUT2D eigenvalue weighted by atomic mass is 9.96. The molecule has 0 atom stereocenters. The third-order valence-electron chi connectivity index (χ3n) is 5.45. The van der Waals surface area contributed by atoms with Crippen LogP contribution in [0.25, 0.3) is 22.4 Å². The van der Waals surface area contributed by atoms with Crippen molar-refractivity contribution in [2.75, 3.05) is 0 Å². The van der Waals surface area contributed by atoms with Crippen LogP contribution in [0.2, 0.25) is 0 Å². The summed E-state index contributed by atoms with van der Waals surface area (Å²) in [4.78, 5) is 13.1. The van der Waals surface area contributed by atoms with Gasteiger partial charge in [-0.15, -0.1) is 0 Å². The molecule has 0 radical (unpaired) electrons. The Morgan fingerprint density at radius 1 is 1.03 bits per heavy atom. The van der Waals surface area contributed by atoms with E-state index in [2.05, 4.69) is 13.0 Å². The van der Waals surface area contributed by atoms with Gasteiger partial charge in [0.25, 0.3) is 0 Å². The lowest BCUT2D eigenvalue weighted by molar-refractivity contribution is -0.137. The van der Waals surface area contributed by atoms with Crippen molar-refractivity contribution in [1.29, 1.82) is 0 Å². The van der Waals surface area contributed by atoms with Gasteiger partial charge in [-0.05, 0) is 58.5 Å². The summed E-state index contributed by atoms with van der Waals surface area (Å²) in [6.45, 7) is 2.12. The predicted octanol–water partition coefficient (Wildman–Crippen LogP) is 6.47. The number of carbonyl (C=O) groups excluding carboxylic acids is 1. The van der Waals surface area contributed by atoms with Crippen molar-refractivity contribution in [2.45, 2.75) is 32.4 Å². The molecule has 0 saturated heterocycles. The van der Waals surface area contributed by atoms with Crippen LogP contribution in [0, 0.1) is 0 Å². The molecule has 1 aliphatic heterocycles. The van der Waals surface area contributed by atoms with E-state index in [1.54, 1.807) is 6.08 Å². The van der Waals surface area contributed by atoms with E-state index < -0.39 is 17.5 Å². The fourth-order valence-electron chi connectivity index (χ4n) is 3.86. The molecule has 4 rings (SSSR count). The number of alkyl halides is 3. The number of unbranched alkanes of at least 4 members (excludes halogenated alkanes) is 1. The van der Waals surface area contributed by atoms with Gasteiger partial charge in [-0.3, -0.25) is 4.79 Å². The summed E-state index contributed by atoms with van der Waals surface area (Å²) in [6, 6.07) is 16.5. The van der Waals surface area contributed by atoms with Crippen LogP contribution in [0.4, 0.5) is 13.2 Å². The van der Waals surface area contributed by atoms with Gasteiger partial charge in [-0.25, -0.2) is 0 Å². The van der Waals surface area contributed by atoms with Gasteiger partial charge in [-0.1, -0.05) is 61.9 Å². The van der Waals surface area contributed by atoms with E-state index in [-0.39, 0.29) is 22.8 Å². The summed E-state index contributed by atoms with van der Waals surface area (Å²) in [5.41, 5.74) is 7.03.